The number of aliphatic hydroxyl groups is 1. The number of hydrogen-bond acceptors (Lipinski definition) is 3. The van der Waals surface area contributed by atoms with Crippen LogP contribution in [0, 0.1) is 0 Å². The van der Waals surface area contributed by atoms with Crippen LogP contribution >= 0.6 is 27.3 Å². The van der Waals surface area contributed by atoms with Gasteiger partial charge >= 0.3 is 0 Å². The van der Waals surface area contributed by atoms with Crippen molar-refractivity contribution in [2.45, 2.75) is 24.9 Å². The molecular weight excluding hydrogens is 262 g/mol. The first-order valence-corrected chi connectivity index (χ1v) is 6.51. The fraction of sp³-hybridized carbons (Fsp3) is 0.600. The Morgan fingerprint density at radius 3 is 2.79 bits per heavy atom. The van der Waals surface area contributed by atoms with Crippen LogP contribution in [0.4, 0.5) is 0 Å². The Morgan fingerprint density at radius 2 is 2.21 bits per heavy atom. The highest BCUT2D eigenvalue weighted by atomic mass is 79.9. The van der Waals surface area contributed by atoms with E-state index in [1.54, 1.807) is 11.3 Å². The third kappa shape index (κ3) is 2.57. The summed E-state index contributed by atoms with van der Waals surface area (Å²) in [5.74, 6) is 0. The van der Waals surface area contributed by atoms with Crippen molar-refractivity contribution in [1.29, 1.82) is 0 Å². The molecule has 1 aromatic rings. The maximum atomic E-state index is 10.3. The van der Waals surface area contributed by atoms with Crippen LogP contribution in [0.5, 0.6) is 0 Å². The average Bonchev–Trinajstić information content (AvgIpc) is 2.51. The van der Waals surface area contributed by atoms with Crippen LogP contribution in [-0.2, 0) is 6.42 Å². The molecule has 0 unspecified atom stereocenters. The minimum Gasteiger partial charge on any atom is -0.389 e. The van der Waals surface area contributed by atoms with Crippen molar-refractivity contribution < 1.29 is 5.11 Å². The van der Waals surface area contributed by atoms with Gasteiger partial charge in [-0.25, -0.2) is 0 Å². The largest absolute Gasteiger partial charge is 0.389 e. The van der Waals surface area contributed by atoms with Crippen molar-refractivity contribution in [2.24, 2.45) is 0 Å². The first-order chi connectivity index (χ1) is 6.68. The van der Waals surface area contributed by atoms with E-state index in [0.29, 0.717) is 0 Å². The molecule has 2 rings (SSSR count). The molecule has 4 heteroatoms. The third-order valence-corrected chi connectivity index (χ3v) is 4.24. The van der Waals surface area contributed by atoms with Gasteiger partial charge < -0.3 is 10.4 Å². The van der Waals surface area contributed by atoms with Gasteiger partial charge in [0, 0.05) is 6.42 Å². The lowest BCUT2D eigenvalue weighted by Crippen LogP contribution is -2.43. The van der Waals surface area contributed by atoms with Crippen molar-refractivity contribution in [1.82, 2.24) is 5.32 Å². The van der Waals surface area contributed by atoms with Crippen molar-refractivity contribution in [2.75, 3.05) is 13.1 Å². The highest BCUT2D eigenvalue weighted by Gasteiger charge is 2.29. The Morgan fingerprint density at radius 1 is 1.50 bits per heavy atom. The van der Waals surface area contributed by atoms with Gasteiger partial charge in [0.25, 0.3) is 0 Å². The maximum Gasteiger partial charge on any atom is 0.0712 e. The highest BCUT2D eigenvalue weighted by molar-refractivity contribution is 9.11. The van der Waals surface area contributed by atoms with Gasteiger partial charge in [-0.1, -0.05) is 0 Å². The first-order valence-electron chi connectivity index (χ1n) is 4.84. The molecule has 78 valence electrons. The molecule has 0 aliphatic carbocycles. The van der Waals surface area contributed by atoms with E-state index < -0.39 is 5.60 Å². The van der Waals surface area contributed by atoms with E-state index in [1.165, 1.54) is 5.56 Å². The molecule has 0 atom stereocenters. The van der Waals surface area contributed by atoms with Crippen molar-refractivity contribution in [3.63, 3.8) is 0 Å². The molecule has 0 spiro atoms. The Hall–Kier alpha value is 0.1000. The molecule has 2 N–H and O–H groups in total. The van der Waals surface area contributed by atoms with Gasteiger partial charge in [-0.3, -0.25) is 0 Å². The van der Waals surface area contributed by atoms with Crippen LogP contribution in [0.15, 0.2) is 15.2 Å². The second-order valence-corrected chi connectivity index (χ2v) is 6.20. The predicted octanol–water partition coefficient (Wildman–Crippen LogP) is 2.17. The van der Waals surface area contributed by atoms with Crippen molar-refractivity contribution in [3.05, 3.63) is 20.8 Å². The summed E-state index contributed by atoms with van der Waals surface area (Å²) in [6.45, 7) is 1.86. The molecule has 2 heterocycles. The lowest BCUT2D eigenvalue weighted by molar-refractivity contribution is 0.0109. The normalized spacial score (nSPS) is 21.0. The van der Waals surface area contributed by atoms with Gasteiger partial charge in [-0.15, -0.1) is 11.3 Å². The Labute approximate surface area is 96.5 Å². The van der Waals surface area contributed by atoms with Gasteiger partial charge in [0.05, 0.1) is 9.39 Å². The summed E-state index contributed by atoms with van der Waals surface area (Å²) < 4.78 is 1.14. The lowest BCUT2D eigenvalue weighted by Gasteiger charge is -2.32. The summed E-state index contributed by atoms with van der Waals surface area (Å²) in [5.41, 5.74) is 0.762. The second-order valence-electron chi connectivity index (χ2n) is 3.91. The first kappa shape index (κ1) is 10.6. The maximum absolute atomic E-state index is 10.3. The van der Waals surface area contributed by atoms with Gasteiger partial charge in [0.2, 0.25) is 0 Å². The van der Waals surface area contributed by atoms with E-state index in [2.05, 4.69) is 32.7 Å². The summed E-state index contributed by atoms with van der Waals surface area (Å²) in [7, 11) is 0. The molecule has 1 aliphatic rings. The molecule has 1 aromatic heterocycles. The second kappa shape index (κ2) is 4.31. The van der Waals surface area contributed by atoms with Crippen molar-refractivity contribution >= 4 is 27.3 Å². The summed E-state index contributed by atoms with van der Waals surface area (Å²) in [6.07, 6.45) is 2.51. The minimum atomic E-state index is -0.480. The van der Waals surface area contributed by atoms with Crippen LogP contribution in [0.3, 0.4) is 0 Å². The molecule has 1 aliphatic heterocycles. The number of halogens is 1. The predicted molar refractivity (Wildman–Crippen MR) is 62.8 cm³/mol. The average molecular weight is 276 g/mol. The molecular formula is C10H14BrNOS. The third-order valence-electron chi connectivity index (χ3n) is 2.69. The molecule has 2 nitrogen and oxygen atoms in total. The van der Waals surface area contributed by atoms with Crippen molar-refractivity contribution in [3.8, 4) is 0 Å². The molecule has 0 aromatic carbocycles. The van der Waals surface area contributed by atoms with Gasteiger partial charge in [-0.2, -0.15) is 0 Å². The highest BCUT2D eigenvalue weighted by Crippen LogP contribution is 2.27. The molecule has 1 fully saturated rings. The van der Waals surface area contributed by atoms with Crippen LogP contribution < -0.4 is 5.32 Å². The lowest BCUT2D eigenvalue weighted by atomic mass is 9.87. The van der Waals surface area contributed by atoms with Crippen LogP contribution in [0.1, 0.15) is 18.4 Å². The summed E-state index contributed by atoms with van der Waals surface area (Å²) in [6, 6.07) is 2.10. The number of thiophene rings is 1. The minimum absolute atomic E-state index is 0.480. The molecule has 14 heavy (non-hydrogen) atoms. The Kier molecular flexibility index (Phi) is 3.27. The SMILES string of the molecule is OC1(Cc2csc(Br)c2)CCNCC1. The smallest absolute Gasteiger partial charge is 0.0712 e. The quantitative estimate of drug-likeness (QED) is 0.867. The summed E-state index contributed by atoms with van der Waals surface area (Å²) in [5, 5.41) is 15.7. The number of nitrogens with one attached hydrogen (secondary N) is 1. The zero-order chi connectivity index (χ0) is 10.0. The van der Waals surface area contributed by atoms with Crippen LogP contribution in [0.25, 0.3) is 0 Å². The van der Waals surface area contributed by atoms with E-state index in [9.17, 15) is 5.11 Å². The molecule has 0 bridgehead atoms. The van der Waals surface area contributed by atoms with Gasteiger partial charge in [0.1, 0.15) is 0 Å². The molecule has 0 saturated carbocycles. The molecule has 0 radical (unpaired) electrons. The van der Waals surface area contributed by atoms with Gasteiger partial charge in [0.15, 0.2) is 0 Å². The van der Waals surface area contributed by atoms with Crippen LogP contribution in [-0.4, -0.2) is 23.8 Å². The van der Waals surface area contributed by atoms with E-state index in [1.807, 2.05) is 0 Å². The Balaban J connectivity index is 2.01. The van der Waals surface area contributed by atoms with Crippen LogP contribution in [0.2, 0.25) is 0 Å². The molecule has 1 saturated heterocycles. The fourth-order valence-electron chi connectivity index (χ4n) is 1.89. The van der Waals surface area contributed by atoms with Gasteiger partial charge in [-0.05, 0) is 58.9 Å². The van der Waals surface area contributed by atoms with E-state index in [0.717, 1.165) is 36.1 Å². The fourth-order valence-corrected chi connectivity index (χ4v) is 3.10. The summed E-state index contributed by atoms with van der Waals surface area (Å²) >= 11 is 5.12. The number of piperidine rings is 1. The topological polar surface area (TPSA) is 32.3 Å². The van der Waals surface area contributed by atoms with E-state index in [-0.39, 0.29) is 0 Å². The molecule has 0 amide bonds. The number of hydrogen-bond donors (Lipinski definition) is 2. The number of rotatable bonds is 2. The van der Waals surface area contributed by atoms with E-state index in [4.69, 9.17) is 0 Å². The standard InChI is InChI=1S/C10H14BrNOS/c11-9-5-8(7-14-9)6-10(13)1-3-12-4-2-10/h5,7,12-13H,1-4,6H2. The Bertz CT molecular complexity index is 307. The zero-order valence-electron chi connectivity index (χ0n) is 7.92. The van der Waals surface area contributed by atoms with E-state index >= 15 is 0 Å². The summed E-state index contributed by atoms with van der Waals surface area (Å²) in [4.78, 5) is 0. The zero-order valence-corrected chi connectivity index (χ0v) is 10.3. The monoisotopic (exact) mass is 275 g/mol.